The van der Waals surface area contributed by atoms with Crippen molar-refractivity contribution >= 4 is 5.69 Å². The van der Waals surface area contributed by atoms with Gasteiger partial charge in [0, 0.05) is 37.5 Å². The first kappa shape index (κ1) is 13.9. The molecule has 1 aromatic rings. The van der Waals surface area contributed by atoms with Gasteiger partial charge in [-0.25, -0.2) is 4.39 Å². The molecular weight excluding hydrogens is 219 g/mol. The molecule has 0 aliphatic carbocycles. The number of anilines is 1. The van der Waals surface area contributed by atoms with E-state index in [2.05, 4.69) is 18.7 Å². The van der Waals surface area contributed by atoms with Gasteiger partial charge in [-0.05, 0) is 26.0 Å². The van der Waals surface area contributed by atoms with Crippen LogP contribution in [0.25, 0.3) is 0 Å². The van der Waals surface area contributed by atoms with Crippen molar-refractivity contribution in [2.24, 2.45) is 0 Å². The van der Waals surface area contributed by atoms with E-state index in [0.717, 1.165) is 6.54 Å². The van der Waals surface area contributed by atoms with Crippen LogP contribution in [-0.4, -0.2) is 31.2 Å². The Morgan fingerprint density at radius 2 is 2.12 bits per heavy atom. The van der Waals surface area contributed by atoms with E-state index < -0.39 is 0 Å². The van der Waals surface area contributed by atoms with Crippen molar-refractivity contribution in [2.75, 3.05) is 26.0 Å². The number of hydrogen-bond acceptors (Lipinski definition) is 3. The van der Waals surface area contributed by atoms with Gasteiger partial charge in [0.15, 0.2) is 0 Å². The molecule has 0 heterocycles. The van der Waals surface area contributed by atoms with Crippen molar-refractivity contribution in [1.82, 2.24) is 4.90 Å². The maximum atomic E-state index is 13.7. The summed E-state index contributed by atoms with van der Waals surface area (Å²) >= 11 is 0. The molecule has 0 fully saturated rings. The lowest BCUT2D eigenvalue weighted by molar-refractivity contribution is 0.124. The highest BCUT2D eigenvalue weighted by molar-refractivity contribution is 5.47. The second-order valence-electron chi connectivity index (χ2n) is 4.36. The molecule has 0 spiro atoms. The molecule has 96 valence electrons. The van der Waals surface area contributed by atoms with Gasteiger partial charge >= 0.3 is 0 Å². The summed E-state index contributed by atoms with van der Waals surface area (Å²) in [6.45, 7) is 6.06. The van der Waals surface area contributed by atoms with Crippen molar-refractivity contribution in [3.05, 3.63) is 29.6 Å². The summed E-state index contributed by atoms with van der Waals surface area (Å²) in [5.74, 6) is -0.243. The van der Waals surface area contributed by atoms with E-state index in [1.54, 1.807) is 19.2 Å². The second kappa shape index (κ2) is 6.57. The Morgan fingerprint density at radius 1 is 1.41 bits per heavy atom. The fourth-order valence-corrected chi connectivity index (χ4v) is 1.67. The second-order valence-corrected chi connectivity index (χ2v) is 4.36. The number of nitrogens with two attached hydrogens (primary N) is 1. The standard InChI is InChI=1S/C13H21FN2O/c1-10(2)16(7-8-17-3)9-11-12(14)5-4-6-13(11)15/h4-6,10H,7-9,15H2,1-3H3. The third kappa shape index (κ3) is 3.98. The minimum absolute atomic E-state index is 0.243. The fourth-order valence-electron chi connectivity index (χ4n) is 1.67. The van der Waals surface area contributed by atoms with Gasteiger partial charge in [-0.15, -0.1) is 0 Å². The highest BCUT2D eigenvalue weighted by atomic mass is 19.1. The molecule has 0 unspecified atom stereocenters. The Labute approximate surface area is 102 Å². The van der Waals surface area contributed by atoms with E-state index in [9.17, 15) is 4.39 Å². The van der Waals surface area contributed by atoms with E-state index in [4.69, 9.17) is 10.5 Å². The van der Waals surface area contributed by atoms with Gasteiger partial charge in [-0.1, -0.05) is 6.07 Å². The molecule has 1 rings (SSSR count). The van der Waals surface area contributed by atoms with Crippen LogP contribution in [0.15, 0.2) is 18.2 Å². The Morgan fingerprint density at radius 3 is 2.65 bits per heavy atom. The quantitative estimate of drug-likeness (QED) is 0.775. The first-order chi connectivity index (χ1) is 8.06. The third-order valence-corrected chi connectivity index (χ3v) is 2.83. The Hall–Kier alpha value is -1.13. The summed E-state index contributed by atoms with van der Waals surface area (Å²) in [6.07, 6.45) is 0. The van der Waals surface area contributed by atoms with Gasteiger partial charge in [-0.3, -0.25) is 4.90 Å². The fraction of sp³-hybridized carbons (Fsp3) is 0.538. The molecule has 0 bridgehead atoms. The van der Waals surface area contributed by atoms with Crippen molar-refractivity contribution in [3.8, 4) is 0 Å². The monoisotopic (exact) mass is 240 g/mol. The van der Waals surface area contributed by atoms with Crippen LogP contribution in [0.4, 0.5) is 10.1 Å². The maximum Gasteiger partial charge on any atom is 0.129 e. The molecule has 17 heavy (non-hydrogen) atoms. The van der Waals surface area contributed by atoms with E-state index in [0.29, 0.717) is 30.4 Å². The maximum absolute atomic E-state index is 13.7. The van der Waals surface area contributed by atoms with E-state index >= 15 is 0 Å². The molecule has 0 atom stereocenters. The largest absolute Gasteiger partial charge is 0.398 e. The molecule has 0 radical (unpaired) electrons. The number of halogens is 1. The number of hydrogen-bond donors (Lipinski definition) is 1. The number of rotatable bonds is 6. The van der Waals surface area contributed by atoms with Crippen molar-refractivity contribution in [3.63, 3.8) is 0 Å². The number of nitrogen functional groups attached to an aromatic ring is 1. The van der Waals surface area contributed by atoms with Crippen LogP contribution in [0.1, 0.15) is 19.4 Å². The summed E-state index contributed by atoms with van der Waals surface area (Å²) in [7, 11) is 1.66. The lowest BCUT2D eigenvalue weighted by atomic mass is 10.1. The molecule has 3 nitrogen and oxygen atoms in total. The normalized spacial score (nSPS) is 11.4. The summed E-state index contributed by atoms with van der Waals surface area (Å²) in [5.41, 5.74) is 6.87. The van der Waals surface area contributed by atoms with Crippen LogP contribution >= 0.6 is 0 Å². The van der Waals surface area contributed by atoms with Gasteiger partial charge in [0.25, 0.3) is 0 Å². The molecular formula is C13H21FN2O. The first-order valence-electron chi connectivity index (χ1n) is 5.82. The summed E-state index contributed by atoms with van der Waals surface area (Å²) in [6, 6.07) is 5.13. The number of methoxy groups -OCH3 is 1. The summed E-state index contributed by atoms with van der Waals surface area (Å²) < 4.78 is 18.7. The zero-order valence-corrected chi connectivity index (χ0v) is 10.7. The third-order valence-electron chi connectivity index (χ3n) is 2.83. The van der Waals surface area contributed by atoms with Crippen LogP contribution < -0.4 is 5.73 Å². The van der Waals surface area contributed by atoms with Crippen LogP contribution in [0.3, 0.4) is 0 Å². The Kier molecular flexibility index (Phi) is 5.38. The van der Waals surface area contributed by atoms with E-state index in [1.165, 1.54) is 6.07 Å². The Bertz CT molecular complexity index is 335. The van der Waals surface area contributed by atoms with Crippen LogP contribution in [0, 0.1) is 5.82 Å². The van der Waals surface area contributed by atoms with Gasteiger partial charge in [0.2, 0.25) is 0 Å². The lowest BCUT2D eigenvalue weighted by Gasteiger charge is -2.26. The lowest BCUT2D eigenvalue weighted by Crippen LogP contribution is -2.33. The van der Waals surface area contributed by atoms with Gasteiger partial charge in [0.1, 0.15) is 5.82 Å². The number of benzene rings is 1. The average Bonchev–Trinajstić information content (AvgIpc) is 2.27. The average molecular weight is 240 g/mol. The minimum Gasteiger partial charge on any atom is -0.398 e. The van der Waals surface area contributed by atoms with E-state index in [1.807, 2.05) is 0 Å². The number of nitrogens with zero attached hydrogens (tertiary/aromatic N) is 1. The van der Waals surface area contributed by atoms with Crippen LogP contribution in [0.2, 0.25) is 0 Å². The summed E-state index contributed by atoms with van der Waals surface area (Å²) in [5, 5.41) is 0. The molecule has 0 aliphatic heterocycles. The summed E-state index contributed by atoms with van der Waals surface area (Å²) in [4.78, 5) is 2.14. The van der Waals surface area contributed by atoms with Crippen molar-refractivity contribution in [1.29, 1.82) is 0 Å². The molecule has 0 aromatic heterocycles. The van der Waals surface area contributed by atoms with E-state index in [-0.39, 0.29) is 5.82 Å². The molecule has 4 heteroatoms. The molecule has 2 N–H and O–H groups in total. The molecule has 0 aliphatic rings. The molecule has 0 saturated heterocycles. The van der Waals surface area contributed by atoms with Crippen LogP contribution in [0.5, 0.6) is 0 Å². The van der Waals surface area contributed by atoms with Gasteiger partial charge < -0.3 is 10.5 Å². The zero-order chi connectivity index (χ0) is 12.8. The smallest absolute Gasteiger partial charge is 0.129 e. The highest BCUT2D eigenvalue weighted by Gasteiger charge is 2.14. The minimum atomic E-state index is -0.243. The zero-order valence-electron chi connectivity index (χ0n) is 10.7. The highest BCUT2D eigenvalue weighted by Crippen LogP contribution is 2.18. The molecule has 0 amide bonds. The van der Waals surface area contributed by atoms with Crippen LogP contribution in [-0.2, 0) is 11.3 Å². The molecule has 0 saturated carbocycles. The number of ether oxygens (including phenoxy) is 1. The van der Waals surface area contributed by atoms with Gasteiger partial charge in [-0.2, -0.15) is 0 Å². The Balaban J connectivity index is 2.78. The predicted molar refractivity (Wildman–Crippen MR) is 68.2 cm³/mol. The van der Waals surface area contributed by atoms with Gasteiger partial charge in [0.05, 0.1) is 6.61 Å². The topological polar surface area (TPSA) is 38.5 Å². The molecule has 1 aromatic carbocycles. The van der Waals surface area contributed by atoms with Crippen molar-refractivity contribution in [2.45, 2.75) is 26.4 Å². The SMILES string of the molecule is COCCN(Cc1c(N)cccc1F)C(C)C. The predicted octanol–water partition coefficient (Wildman–Crippen LogP) is 2.26. The first-order valence-corrected chi connectivity index (χ1v) is 5.82. The van der Waals surface area contributed by atoms with Crippen molar-refractivity contribution < 1.29 is 9.13 Å².